The minimum Gasteiger partial charge on any atom is -0.340 e. The number of halogens is 1. The van der Waals surface area contributed by atoms with Crippen LogP contribution in [0, 0.1) is 5.82 Å². The lowest BCUT2D eigenvalue weighted by Gasteiger charge is -2.46. The van der Waals surface area contributed by atoms with Gasteiger partial charge >= 0.3 is 0 Å². The predicted octanol–water partition coefficient (Wildman–Crippen LogP) is 3.31. The first-order valence-corrected chi connectivity index (χ1v) is 8.72. The van der Waals surface area contributed by atoms with Crippen LogP contribution in [0.4, 0.5) is 4.39 Å². The third kappa shape index (κ3) is 2.52. The number of rotatable bonds is 3. The molecule has 1 amide bonds. The average Bonchev–Trinajstić information content (AvgIpc) is 3.08. The topological polar surface area (TPSA) is 38.1 Å². The summed E-state index contributed by atoms with van der Waals surface area (Å²) in [5.74, 6) is -0.0920. The highest BCUT2D eigenvalue weighted by Crippen LogP contribution is 2.46. The summed E-state index contributed by atoms with van der Waals surface area (Å²) in [6.45, 7) is 1.51. The fourth-order valence-electron chi connectivity index (χ4n) is 4.11. The van der Waals surface area contributed by atoms with Crippen LogP contribution in [0.5, 0.6) is 0 Å². The van der Waals surface area contributed by atoms with E-state index in [0.29, 0.717) is 6.54 Å². The Balaban J connectivity index is 1.57. The molecule has 0 radical (unpaired) electrons. The Morgan fingerprint density at radius 2 is 2.17 bits per heavy atom. The summed E-state index contributed by atoms with van der Waals surface area (Å²) < 4.78 is 15.8. The molecule has 2 aromatic rings. The molecule has 5 heteroatoms. The summed E-state index contributed by atoms with van der Waals surface area (Å²) in [6.07, 6.45) is 10.3. The minimum absolute atomic E-state index is 0.171. The second-order valence-corrected chi connectivity index (χ2v) is 7.00. The number of aromatic nitrogens is 2. The van der Waals surface area contributed by atoms with Gasteiger partial charge in [-0.05, 0) is 43.4 Å². The van der Waals surface area contributed by atoms with Crippen LogP contribution in [0.15, 0.2) is 43.0 Å². The lowest BCUT2D eigenvalue weighted by molar-refractivity contribution is -0.142. The molecule has 126 valence electrons. The normalized spacial score (nSPS) is 22.9. The maximum Gasteiger partial charge on any atom is 0.233 e. The van der Waals surface area contributed by atoms with Gasteiger partial charge < -0.3 is 9.47 Å². The van der Waals surface area contributed by atoms with Crippen molar-refractivity contribution >= 4 is 5.91 Å². The van der Waals surface area contributed by atoms with Crippen LogP contribution in [0.1, 0.15) is 43.7 Å². The van der Waals surface area contributed by atoms with Crippen molar-refractivity contribution in [3.8, 4) is 0 Å². The Morgan fingerprint density at radius 3 is 2.83 bits per heavy atom. The van der Waals surface area contributed by atoms with Crippen LogP contribution in [0.25, 0.3) is 0 Å². The summed E-state index contributed by atoms with van der Waals surface area (Å²) in [5, 5.41) is 0. The molecule has 1 aromatic carbocycles. The molecule has 0 N–H and O–H groups in total. The molecule has 1 atom stereocenters. The molecule has 0 spiro atoms. The van der Waals surface area contributed by atoms with Crippen LogP contribution in [-0.4, -0.2) is 33.4 Å². The Bertz CT molecular complexity index is 724. The lowest BCUT2D eigenvalue weighted by atomic mass is 9.63. The highest BCUT2D eigenvalue weighted by Gasteiger charge is 2.48. The van der Waals surface area contributed by atoms with Gasteiger partial charge in [-0.1, -0.05) is 18.6 Å². The number of amides is 1. The summed E-state index contributed by atoms with van der Waals surface area (Å²) >= 11 is 0. The van der Waals surface area contributed by atoms with E-state index in [2.05, 4.69) is 9.55 Å². The van der Waals surface area contributed by atoms with Crippen LogP contribution in [-0.2, 0) is 10.2 Å². The highest BCUT2D eigenvalue weighted by molar-refractivity contribution is 5.89. The van der Waals surface area contributed by atoms with E-state index < -0.39 is 5.41 Å². The van der Waals surface area contributed by atoms with Crippen molar-refractivity contribution in [2.75, 3.05) is 13.1 Å². The van der Waals surface area contributed by atoms with Gasteiger partial charge in [-0.2, -0.15) is 0 Å². The molecule has 24 heavy (non-hydrogen) atoms. The van der Waals surface area contributed by atoms with Gasteiger partial charge in [0.1, 0.15) is 5.82 Å². The van der Waals surface area contributed by atoms with Gasteiger partial charge in [0, 0.05) is 25.5 Å². The minimum atomic E-state index is -0.515. The molecule has 2 aliphatic rings. The van der Waals surface area contributed by atoms with E-state index in [1.807, 2.05) is 23.5 Å². The zero-order valence-corrected chi connectivity index (χ0v) is 13.7. The maximum absolute atomic E-state index is 13.7. The van der Waals surface area contributed by atoms with Gasteiger partial charge in [0.05, 0.1) is 17.8 Å². The zero-order chi connectivity index (χ0) is 16.6. The first-order valence-electron chi connectivity index (χ1n) is 8.72. The highest BCUT2D eigenvalue weighted by atomic mass is 19.1. The van der Waals surface area contributed by atoms with E-state index in [1.54, 1.807) is 12.3 Å². The van der Waals surface area contributed by atoms with E-state index in [9.17, 15) is 9.18 Å². The summed E-state index contributed by atoms with van der Waals surface area (Å²) in [7, 11) is 0. The van der Waals surface area contributed by atoms with E-state index in [-0.39, 0.29) is 17.8 Å². The monoisotopic (exact) mass is 327 g/mol. The van der Waals surface area contributed by atoms with Gasteiger partial charge in [0.2, 0.25) is 5.91 Å². The number of imidazole rings is 1. The predicted molar refractivity (Wildman–Crippen MR) is 89.0 cm³/mol. The lowest BCUT2D eigenvalue weighted by Crippen LogP contribution is -2.53. The molecule has 4 rings (SSSR count). The van der Waals surface area contributed by atoms with E-state index in [1.165, 1.54) is 12.1 Å². The van der Waals surface area contributed by atoms with Gasteiger partial charge in [-0.3, -0.25) is 4.79 Å². The number of piperidine rings is 1. The van der Waals surface area contributed by atoms with Crippen molar-refractivity contribution in [1.82, 2.24) is 14.5 Å². The van der Waals surface area contributed by atoms with Crippen LogP contribution in [0.3, 0.4) is 0 Å². The third-order valence-corrected chi connectivity index (χ3v) is 5.62. The fourth-order valence-corrected chi connectivity index (χ4v) is 4.11. The Kier molecular flexibility index (Phi) is 3.87. The number of hydrogen-bond donors (Lipinski definition) is 0. The summed E-state index contributed by atoms with van der Waals surface area (Å²) in [4.78, 5) is 19.4. The molecule has 1 unspecified atom stereocenters. The summed E-state index contributed by atoms with van der Waals surface area (Å²) in [5.41, 5.74) is 0.322. The van der Waals surface area contributed by atoms with Crippen LogP contribution >= 0.6 is 0 Å². The SMILES string of the molecule is O=C(N1CCCC(n2ccnc2)C1)C1(c2cccc(F)c2)CCC1. The van der Waals surface area contributed by atoms with E-state index in [0.717, 1.165) is 44.2 Å². The van der Waals surface area contributed by atoms with E-state index in [4.69, 9.17) is 0 Å². The van der Waals surface area contributed by atoms with Crippen molar-refractivity contribution in [2.45, 2.75) is 43.6 Å². The first kappa shape index (κ1) is 15.4. The standard InChI is InChI=1S/C19H22FN3O/c20-16-5-1-4-15(12-16)19(7-3-8-19)18(24)22-10-2-6-17(13-22)23-11-9-21-14-23/h1,4-5,9,11-12,14,17H,2-3,6-8,10,13H2. The Morgan fingerprint density at radius 1 is 1.29 bits per heavy atom. The fraction of sp³-hybridized carbons (Fsp3) is 0.474. The van der Waals surface area contributed by atoms with Crippen molar-refractivity contribution in [1.29, 1.82) is 0 Å². The zero-order valence-electron chi connectivity index (χ0n) is 13.7. The number of hydrogen-bond acceptors (Lipinski definition) is 2. The maximum atomic E-state index is 13.7. The molecule has 1 aliphatic carbocycles. The van der Waals surface area contributed by atoms with Gasteiger partial charge in [0.15, 0.2) is 0 Å². The summed E-state index contributed by atoms with van der Waals surface area (Å²) in [6, 6.07) is 6.87. The van der Waals surface area contributed by atoms with Crippen molar-refractivity contribution < 1.29 is 9.18 Å². The van der Waals surface area contributed by atoms with E-state index >= 15 is 0 Å². The number of benzene rings is 1. The smallest absolute Gasteiger partial charge is 0.233 e. The average molecular weight is 327 g/mol. The Hall–Kier alpha value is -2.17. The number of carbonyl (C=O) groups excluding carboxylic acids is 1. The molecule has 1 saturated carbocycles. The van der Waals surface area contributed by atoms with Gasteiger partial charge in [0.25, 0.3) is 0 Å². The molecule has 1 saturated heterocycles. The van der Waals surface area contributed by atoms with Crippen molar-refractivity contribution in [3.63, 3.8) is 0 Å². The van der Waals surface area contributed by atoms with Crippen LogP contribution < -0.4 is 0 Å². The Labute approximate surface area is 141 Å². The largest absolute Gasteiger partial charge is 0.340 e. The number of likely N-dealkylation sites (tertiary alicyclic amines) is 1. The molecular formula is C19H22FN3O. The molecule has 4 nitrogen and oxygen atoms in total. The molecule has 1 aliphatic heterocycles. The molecule has 1 aromatic heterocycles. The van der Waals surface area contributed by atoms with Gasteiger partial charge in [-0.15, -0.1) is 0 Å². The quantitative estimate of drug-likeness (QED) is 0.867. The van der Waals surface area contributed by atoms with Crippen LogP contribution in [0.2, 0.25) is 0 Å². The second kappa shape index (κ2) is 6.04. The third-order valence-electron chi connectivity index (χ3n) is 5.62. The first-order chi connectivity index (χ1) is 11.7. The number of carbonyl (C=O) groups is 1. The van der Waals surface area contributed by atoms with Crippen molar-refractivity contribution in [2.24, 2.45) is 0 Å². The molecule has 2 fully saturated rings. The molecule has 2 heterocycles. The second-order valence-electron chi connectivity index (χ2n) is 7.00. The molecule has 0 bridgehead atoms. The van der Waals surface area contributed by atoms with Crippen molar-refractivity contribution in [3.05, 3.63) is 54.4 Å². The number of nitrogens with zero attached hydrogens (tertiary/aromatic N) is 3. The molecular weight excluding hydrogens is 305 g/mol. The van der Waals surface area contributed by atoms with Gasteiger partial charge in [-0.25, -0.2) is 9.37 Å².